The minimum Gasteiger partial charge on any atom is -0.342 e. The standard InChI is InChI=1S/C14H27NOS/c1-2-3-4-5-6-7-8-9-15-11-13(12-17)10-14(15)16/h13,17H,2-12H2,1H3. The van der Waals surface area contributed by atoms with E-state index in [2.05, 4.69) is 19.6 Å². The van der Waals surface area contributed by atoms with Crippen molar-refractivity contribution >= 4 is 18.5 Å². The van der Waals surface area contributed by atoms with Crippen LogP contribution in [0.4, 0.5) is 0 Å². The Balaban J connectivity index is 1.98. The highest BCUT2D eigenvalue weighted by Crippen LogP contribution is 2.19. The second-order valence-corrected chi connectivity index (χ2v) is 5.58. The number of carbonyl (C=O) groups is 1. The molecular weight excluding hydrogens is 230 g/mol. The molecule has 100 valence electrons. The molecule has 0 aliphatic carbocycles. The molecular formula is C14H27NOS. The summed E-state index contributed by atoms with van der Waals surface area (Å²) in [4.78, 5) is 13.7. The zero-order chi connectivity index (χ0) is 12.5. The quantitative estimate of drug-likeness (QED) is 0.495. The van der Waals surface area contributed by atoms with Gasteiger partial charge in [0, 0.05) is 19.5 Å². The van der Waals surface area contributed by atoms with Gasteiger partial charge >= 0.3 is 0 Å². The molecule has 1 unspecified atom stereocenters. The predicted octanol–water partition coefficient (Wildman–Crippen LogP) is 3.52. The number of thiol groups is 1. The van der Waals surface area contributed by atoms with Crippen molar-refractivity contribution < 1.29 is 4.79 Å². The third-order valence-corrected chi connectivity index (χ3v) is 4.10. The summed E-state index contributed by atoms with van der Waals surface area (Å²) in [5.41, 5.74) is 0. The van der Waals surface area contributed by atoms with Crippen LogP contribution in [-0.2, 0) is 4.79 Å². The Morgan fingerprint density at radius 3 is 2.41 bits per heavy atom. The van der Waals surface area contributed by atoms with Crippen LogP contribution in [0.2, 0.25) is 0 Å². The monoisotopic (exact) mass is 257 g/mol. The Morgan fingerprint density at radius 2 is 1.82 bits per heavy atom. The molecule has 1 saturated heterocycles. The average molecular weight is 257 g/mol. The Labute approximate surface area is 112 Å². The minimum atomic E-state index is 0.343. The number of hydrogen-bond donors (Lipinski definition) is 1. The molecule has 1 rings (SSSR count). The van der Waals surface area contributed by atoms with Crippen LogP contribution >= 0.6 is 12.6 Å². The van der Waals surface area contributed by atoms with E-state index in [-0.39, 0.29) is 0 Å². The van der Waals surface area contributed by atoms with Gasteiger partial charge in [0.05, 0.1) is 0 Å². The molecule has 0 N–H and O–H groups in total. The third-order valence-electron chi connectivity index (χ3n) is 3.58. The van der Waals surface area contributed by atoms with Gasteiger partial charge in [-0.25, -0.2) is 0 Å². The van der Waals surface area contributed by atoms with Crippen molar-refractivity contribution in [3.63, 3.8) is 0 Å². The molecule has 2 nitrogen and oxygen atoms in total. The highest BCUT2D eigenvalue weighted by atomic mass is 32.1. The average Bonchev–Trinajstić information content (AvgIpc) is 2.69. The van der Waals surface area contributed by atoms with Crippen molar-refractivity contribution in [2.75, 3.05) is 18.8 Å². The van der Waals surface area contributed by atoms with Crippen LogP contribution in [0.1, 0.15) is 58.3 Å². The van der Waals surface area contributed by atoms with Gasteiger partial charge < -0.3 is 4.90 Å². The van der Waals surface area contributed by atoms with Gasteiger partial charge in [-0.15, -0.1) is 0 Å². The van der Waals surface area contributed by atoms with Crippen LogP contribution in [0.25, 0.3) is 0 Å². The van der Waals surface area contributed by atoms with E-state index in [0.29, 0.717) is 11.8 Å². The maximum Gasteiger partial charge on any atom is 0.222 e. The molecule has 1 aliphatic rings. The number of hydrogen-bond acceptors (Lipinski definition) is 2. The van der Waals surface area contributed by atoms with Crippen LogP contribution in [0.5, 0.6) is 0 Å². The molecule has 0 aromatic rings. The summed E-state index contributed by atoms with van der Waals surface area (Å²) in [7, 11) is 0. The molecule has 1 amide bonds. The van der Waals surface area contributed by atoms with E-state index in [9.17, 15) is 4.79 Å². The summed E-state index contributed by atoms with van der Waals surface area (Å²) in [5.74, 6) is 1.68. The zero-order valence-electron chi connectivity index (χ0n) is 11.2. The molecule has 0 radical (unpaired) electrons. The van der Waals surface area contributed by atoms with Gasteiger partial charge in [0.25, 0.3) is 0 Å². The molecule has 0 aromatic heterocycles. The van der Waals surface area contributed by atoms with E-state index >= 15 is 0 Å². The molecule has 3 heteroatoms. The molecule has 0 spiro atoms. The van der Waals surface area contributed by atoms with E-state index in [4.69, 9.17) is 0 Å². The van der Waals surface area contributed by atoms with Crippen molar-refractivity contribution in [3.05, 3.63) is 0 Å². The first-order valence-corrected chi connectivity index (χ1v) is 7.79. The Hall–Kier alpha value is -0.180. The first-order chi connectivity index (χ1) is 8.27. The van der Waals surface area contributed by atoms with Gasteiger partial charge in [-0.2, -0.15) is 12.6 Å². The van der Waals surface area contributed by atoms with Gasteiger partial charge in [-0.05, 0) is 18.1 Å². The maximum absolute atomic E-state index is 11.6. The second kappa shape index (κ2) is 8.84. The summed E-state index contributed by atoms with van der Waals surface area (Å²) < 4.78 is 0. The van der Waals surface area contributed by atoms with Crippen molar-refractivity contribution in [1.82, 2.24) is 4.90 Å². The number of unbranched alkanes of at least 4 members (excludes halogenated alkanes) is 6. The van der Waals surface area contributed by atoms with E-state index in [1.165, 1.54) is 44.9 Å². The number of carbonyl (C=O) groups excluding carboxylic acids is 1. The van der Waals surface area contributed by atoms with Crippen LogP contribution in [0, 0.1) is 5.92 Å². The van der Waals surface area contributed by atoms with Crippen molar-refractivity contribution in [3.8, 4) is 0 Å². The maximum atomic E-state index is 11.6. The molecule has 0 saturated carbocycles. The van der Waals surface area contributed by atoms with Crippen molar-refractivity contribution in [2.45, 2.75) is 58.3 Å². The fourth-order valence-corrected chi connectivity index (χ4v) is 2.70. The Kier molecular flexibility index (Phi) is 7.74. The van der Waals surface area contributed by atoms with Gasteiger partial charge in [0.1, 0.15) is 0 Å². The summed E-state index contributed by atoms with van der Waals surface area (Å²) >= 11 is 4.28. The van der Waals surface area contributed by atoms with E-state index in [1.807, 2.05) is 4.90 Å². The lowest BCUT2D eigenvalue weighted by atomic mass is 10.1. The molecule has 0 bridgehead atoms. The first kappa shape index (κ1) is 14.9. The van der Waals surface area contributed by atoms with E-state index in [0.717, 1.165) is 25.3 Å². The molecule has 1 fully saturated rings. The van der Waals surface area contributed by atoms with Crippen molar-refractivity contribution in [2.24, 2.45) is 5.92 Å². The van der Waals surface area contributed by atoms with Crippen LogP contribution < -0.4 is 0 Å². The van der Waals surface area contributed by atoms with Gasteiger partial charge in [0.15, 0.2) is 0 Å². The summed E-state index contributed by atoms with van der Waals surface area (Å²) in [6, 6.07) is 0. The van der Waals surface area contributed by atoms with Gasteiger partial charge in [-0.3, -0.25) is 4.79 Å². The molecule has 17 heavy (non-hydrogen) atoms. The third kappa shape index (κ3) is 5.80. The predicted molar refractivity (Wildman–Crippen MR) is 76.5 cm³/mol. The largest absolute Gasteiger partial charge is 0.342 e. The zero-order valence-corrected chi connectivity index (χ0v) is 12.1. The lowest BCUT2D eigenvalue weighted by Gasteiger charge is -2.15. The Bertz CT molecular complexity index is 220. The summed E-state index contributed by atoms with van der Waals surface area (Å²) in [6.07, 6.45) is 9.93. The number of nitrogens with zero attached hydrogens (tertiary/aromatic N) is 1. The highest BCUT2D eigenvalue weighted by molar-refractivity contribution is 7.80. The minimum absolute atomic E-state index is 0.343. The van der Waals surface area contributed by atoms with Crippen molar-refractivity contribution in [1.29, 1.82) is 0 Å². The topological polar surface area (TPSA) is 20.3 Å². The molecule has 1 aliphatic heterocycles. The van der Waals surface area contributed by atoms with Gasteiger partial charge in [-0.1, -0.05) is 45.4 Å². The van der Waals surface area contributed by atoms with Gasteiger partial charge in [0.2, 0.25) is 5.91 Å². The van der Waals surface area contributed by atoms with Crippen LogP contribution in [0.3, 0.4) is 0 Å². The highest BCUT2D eigenvalue weighted by Gasteiger charge is 2.27. The second-order valence-electron chi connectivity index (χ2n) is 5.21. The molecule has 1 heterocycles. The smallest absolute Gasteiger partial charge is 0.222 e. The molecule has 0 aromatic carbocycles. The van der Waals surface area contributed by atoms with Crippen LogP contribution in [-0.4, -0.2) is 29.6 Å². The Morgan fingerprint density at radius 1 is 1.18 bits per heavy atom. The first-order valence-electron chi connectivity index (χ1n) is 7.16. The summed E-state index contributed by atoms with van der Waals surface area (Å²) in [5, 5.41) is 0. The number of likely N-dealkylation sites (tertiary alicyclic amines) is 1. The summed E-state index contributed by atoms with van der Waals surface area (Å²) in [6.45, 7) is 4.16. The van der Waals surface area contributed by atoms with E-state index < -0.39 is 0 Å². The molecule has 1 atom stereocenters. The lowest BCUT2D eigenvalue weighted by molar-refractivity contribution is -0.127. The fourth-order valence-electron chi connectivity index (χ4n) is 2.45. The fraction of sp³-hybridized carbons (Fsp3) is 0.929. The van der Waals surface area contributed by atoms with Crippen LogP contribution in [0.15, 0.2) is 0 Å². The lowest BCUT2D eigenvalue weighted by Crippen LogP contribution is -2.26. The SMILES string of the molecule is CCCCCCCCCN1CC(CS)CC1=O. The normalized spacial score (nSPS) is 20.2. The number of rotatable bonds is 9. The number of amides is 1. The van der Waals surface area contributed by atoms with E-state index in [1.54, 1.807) is 0 Å².